The van der Waals surface area contributed by atoms with Crippen LogP contribution in [-0.4, -0.2) is 21.0 Å². The zero-order chi connectivity index (χ0) is 18.0. The highest BCUT2D eigenvalue weighted by Crippen LogP contribution is 2.29. The first-order valence-corrected chi connectivity index (χ1v) is 8.13. The molecule has 24 heavy (non-hydrogen) atoms. The first kappa shape index (κ1) is 18.1. The van der Waals surface area contributed by atoms with Crippen LogP contribution in [0.1, 0.15) is 5.56 Å². The van der Waals surface area contributed by atoms with E-state index in [1.54, 1.807) is 19.1 Å². The topological polar surface area (TPSA) is 55.4 Å². The Morgan fingerprint density at radius 2 is 1.71 bits per heavy atom. The van der Waals surface area contributed by atoms with Crippen LogP contribution >= 0.6 is 0 Å². The number of hydrogen-bond donors (Lipinski definition) is 1. The minimum Gasteiger partial charge on any atom is -0.428 e. The van der Waals surface area contributed by atoms with E-state index in [1.165, 1.54) is 24.3 Å². The molecule has 0 saturated heterocycles. The first-order chi connectivity index (χ1) is 11.1. The predicted octanol–water partition coefficient (Wildman–Crippen LogP) is 4.03. The van der Waals surface area contributed by atoms with Crippen molar-refractivity contribution in [3.8, 4) is 5.75 Å². The molecule has 0 saturated carbocycles. The molecule has 2 aromatic carbocycles. The molecule has 2 aromatic rings. The van der Waals surface area contributed by atoms with Gasteiger partial charge in [-0.1, -0.05) is 23.8 Å². The van der Waals surface area contributed by atoms with Gasteiger partial charge in [0.2, 0.25) is 0 Å². The maximum atomic E-state index is 12.9. The summed E-state index contributed by atoms with van der Waals surface area (Å²) in [6, 6.07) is 10.3. The third kappa shape index (κ3) is 4.38. The zero-order valence-corrected chi connectivity index (χ0v) is 13.2. The molecule has 0 atom stereocenters. The highest BCUT2D eigenvalue weighted by Gasteiger charge is 2.44. The normalized spacial score (nSPS) is 12.2. The number of aryl methyl sites for hydroxylation is 1. The minimum atomic E-state index is -4.67. The van der Waals surface area contributed by atoms with Crippen LogP contribution in [0.2, 0.25) is 0 Å². The van der Waals surface area contributed by atoms with Crippen molar-refractivity contribution in [1.82, 2.24) is 0 Å². The molecule has 0 radical (unpaired) electrons. The Bertz CT molecular complexity index is 808. The second-order valence-electron chi connectivity index (χ2n) is 4.91. The molecule has 130 valence electrons. The molecular weight excluding hydrogens is 350 g/mol. The molecular formula is C15H13F4NO3S. The van der Waals surface area contributed by atoms with Crippen molar-refractivity contribution in [2.75, 3.05) is 4.72 Å². The molecule has 0 aliphatic carbocycles. The maximum Gasteiger partial charge on any atom is 0.461 e. The highest BCUT2D eigenvalue weighted by molar-refractivity contribution is 7.92. The van der Waals surface area contributed by atoms with E-state index >= 15 is 0 Å². The van der Waals surface area contributed by atoms with E-state index in [2.05, 4.69) is 9.46 Å². The molecule has 0 aliphatic rings. The average Bonchev–Trinajstić information content (AvgIpc) is 2.47. The summed E-state index contributed by atoms with van der Waals surface area (Å²) >= 11 is 0. The van der Waals surface area contributed by atoms with Gasteiger partial charge in [0, 0.05) is 6.07 Å². The van der Waals surface area contributed by atoms with Gasteiger partial charge >= 0.3 is 12.5 Å². The summed E-state index contributed by atoms with van der Waals surface area (Å²) in [5.74, 6) is -0.593. The van der Waals surface area contributed by atoms with Crippen LogP contribution in [0.25, 0.3) is 0 Å². The van der Waals surface area contributed by atoms with Crippen LogP contribution < -0.4 is 9.46 Å². The van der Waals surface area contributed by atoms with Gasteiger partial charge in [-0.2, -0.15) is 17.6 Å². The van der Waals surface area contributed by atoms with E-state index in [0.29, 0.717) is 0 Å². The second kappa shape index (κ2) is 6.68. The van der Waals surface area contributed by atoms with E-state index in [1.807, 2.05) is 0 Å². The van der Waals surface area contributed by atoms with E-state index in [4.69, 9.17) is 0 Å². The van der Waals surface area contributed by atoms with Crippen LogP contribution in [0.3, 0.4) is 0 Å². The molecule has 0 aliphatic heterocycles. The van der Waals surface area contributed by atoms with Gasteiger partial charge in [-0.25, -0.2) is 8.42 Å². The second-order valence-corrected chi connectivity index (χ2v) is 6.59. The number of alkyl halides is 4. The van der Waals surface area contributed by atoms with Crippen LogP contribution in [-0.2, 0) is 10.0 Å². The van der Waals surface area contributed by atoms with Crippen LogP contribution in [0.4, 0.5) is 23.2 Å². The number of sulfonamides is 1. The number of hydrogen-bond acceptors (Lipinski definition) is 3. The van der Waals surface area contributed by atoms with Crippen molar-refractivity contribution < 1.29 is 30.7 Å². The Hall–Kier alpha value is -2.29. The van der Waals surface area contributed by atoms with Crippen molar-refractivity contribution >= 4 is 15.7 Å². The lowest BCUT2D eigenvalue weighted by Crippen LogP contribution is -2.33. The number of benzene rings is 2. The van der Waals surface area contributed by atoms with Gasteiger partial charge in [0.05, 0.1) is 10.6 Å². The van der Waals surface area contributed by atoms with Gasteiger partial charge in [0.1, 0.15) is 5.75 Å². The van der Waals surface area contributed by atoms with Gasteiger partial charge in [-0.15, -0.1) is 0 Å². The summed E-state index contributed by atoms with van der Waals surface area (Å²) in [4.78, 5) is -0.0302. The van der Waals surface area contributed by atoms with E-state index in [0.717, 1.165) is 17.7 Å². The largest absolute Gasteiger partial charge is 0.461 e. The van der Waals surface area contributed by atoms with Gasteiger partial charge in [-0.05, 0) is 31.2 Å². The molecule has 0 amide bonds. The Kier molecular flexibility index (Phi) is 5.02. The van der Waals surface area contributed by atoms with Crippen molar-refractivity contribution in [3.63, 3.8) is 0 Å². The Labute approximate surface area is 136 Å². The molecule has 0 fully saturated rings. The summed E-state index contributed by atoms with van der Waals surface area (Å²) in [5.41, 5.74) is 0.761. The monoisotopic (exact) mass is 363 g/mol. The standard InChI is InChI=1S/C15H13F4NO3S/c1-10-5-7-13(8-6-10)24(21,22)20-11-3-2-4-12(9-11)23-15(18,19)14(16)17/h2-9,14,20H,1H3. The molecule has 2 rings (SSSR count). The van der Waals surface area contributed by atoms with Crippen LogP contribution in [0, 0.1) is 6.92 Å². The smallest absolute Gasteiger partial charge is 0.428 e. The van der Waals surface area contributed by atoms with Crippen molar-refractivity contribution in [2.45, 2.75) is 24.4 Å². The Balaban J connectivity index is 2.21. The summed E-state index contributed by atoms with van der Waals surface area (Å²) < 4.78 is 80.5. The van der Waals surface area contributed by atoms with Gasteiger partial charge < -0.3 is 4.74 Å². The zero-order valence-electron chi connectivity index (χ0n) is 12.3. The maximum absolute atomic E-state index is 12.9. The molecule has 0 spiro atoms. The van der Waals surface area contributed by atoms with E-state index < -0.39 is 28.3 Å². The predicted molar refractivity (Wildman–Crippen MR) is 80.0 cm³/mol. The highest BCUT2D eigenvalue weighted by atomic mass is 32.2. The molecule has 4 nitrogen and oxygen atoms in total. The Morgan fingerprint density at radius 1 is 1.08 bits per heavy atom. The van der Waals surface area contributed by atoms with Crippen molar-refractivity contribution in [2.24, 2.45) is 0 Å². The number of nitrogens with one attached hydrogen (secondary N) is 1. The Morgan fingerprint density at radius 3 is 2.29 bits per heavy atom. The first-order valence-electron chi connectivity index (χ1n) is 6.65. The lowest BCUT2D eigenvalue weighted by Gasteiger charge is -2.17. The van der Waals surface area contributed by atoms with Gasteiger partial charge in [-0.3, -0.25) is 4.72 Å². The number of anilines is 1. The molecule has 0 bridgehead atoms. The molecule has 1 N–H and O–H groups in total. The van der Waals surface area contributed by atoms with Crippen molar-refractivity contribution in [1.29, 1.82) is 0 Å². The molecule has 0 heterocycles. The van der Waals surface area contributed by atoms with Gasteiger partial charge in [0.15, 0.2) is 0 Å². The van der Waals surface area contributed by atoms with Gasteiger partial charge in [0.25, 0.3) is 10.0 Å². The average molecular weight is 363 g/mol. The van der Waals surface area contributed by atoms with Crippen LogP contribution in [0.5, 0.6) is 5.75 Å². The molecule has 0 unspecified atom stereocenters. The fourth-order valence-electron chi connectivity index (χ4n) is 1.76. The number of halogens is 4. The fraction of sp³-hybridized carbons (Fsp3) is 0.200. The molecule has 0 aromatic heterocycles. The lowest BCUT2D eigenvalue weighted by atomic mass is 10.2. The van der Waals surface area contributed by atoms with Crippen molar-refractivity contribution in [3.05, 3.63) is 54.1 Å². The third-order valence-electron chi connectivity index (χ3n) is 2.93. The van der Waals surface area contributed by atoms with E-state index in [-0.39, 0.29) is 10.6 Å². The minimum absolute atomic E-state index is 0.0302. The SMILES string of the molecule is Cc1ccc(S(=O)(=O)Nc2cccc(OC(F)(F)C(F)F)c2)cc1. The summed E-state index contributed by atoms with van der Waals surface area (Å²) in [5, 5.41) is 0. The van der Waals surface area contributed by atoms with Crippen LogP contribution in [0.15, 0.2) is 53.4 Å². The summed E-state index contributed by atoms with van der Waals surface area (Å²) in [7, 11) is -3.95. The number of rotatable bonds is 6. The molecule has 9 heteroatoms. The number of ether oxygens (including phenoxy) is 1. The summed E-state index contributed by atoms with van der Waals surface area (Å²) in [6.45, 7) is 1.79. The quantitative estimate of drug-likeness (QED) is 0.789. The van der Waals surface area contributed by atoms with E-state index in [9.17, 15) is 26.0 Å². The fourth-order valence-corrected chi connectivity index (χ4v) is 2.81. The lowest BCUT2D eigenvalue weighted by molar-refractivity contribution is -0.253. The summed E-state index contributed by atoms with van der Waals surface area (Å²) in [6.07, 6.45) is -8.68. The third-order valence-corrected chi connectivity index (χ3v) is 4.32.